The van der Waals surface area contributed by atoms with E-state index in [-0.39, 0.29) is 31.1 Å². The van der Waals surface area contributed by atoms with Crippen molar-refractivity contribution < 1.29 is 19.8 Å². The highest BCUT2D eigenvalue weighted by Gasteiger charge is 2.37. The van der Waals surface area contributed by atoms with Crippen LogP contribution in [0.2, 0.25) is 0 Å². The van der Waals surface area contributed by atoms with E-state index in [1.807, 2.05) is 0 Å². The van der Waals surface area contributed by atoms with Crippen molar-refractivity contribution in [2.45, 2.75) is 44.2 Å². The van der Waals surface area contributed by atoms with Crippen LogP contribution in [0.3, 0.4) is 0 Å². The van der Waals surface area contributed by atoms with Crippen molar-refractivity contribution in [3.63, 3.8) is 0 Å². The van der Waals surface area contributed by atoms with Crippen molar-refractivity contribution in [1.82, 2.24) is 9.80 Å². The fraction of sp³-hybridized carbons (Fsp3) is 0.833. The molecule has 0 aromatic carbocycles. The number of rotatable bonds is 3. The van der Waals surface area contributed by atoms with E-state index in [4.69, 9.17) is 5.11 Å². The quantitative estimate of drug-likeness (QED) is 0.770. The molecule has 0 aromatic rings. The molecule has 2 atom stereocenters. The number of likely N-dealkylation sites (tertiary alicyclic amines) is 2. The Bertz CT molecular complexity index is 334. The highest BCUT2D eigenvalue weighted by Crippen LogP contribution is 2.25. The fourth-order valence-corrected chi connectivity index (χ4v) is 2.94. The number of aliphatic hydroxyl groups is 1. The van der Waals surface area contributed by atoms with E-state index in [0.717, 1.165) is 25.7 Å². The van der Waals surface area contributed by atoms with Crippen LogP contribution in [0.5, 0.6) is 0 Å². The number of carboxylic acids is 1. The van der Waals surface area contributed by atoms with Gasteiger partial charge in [-0.2, -0.15) is 0 Å². The van der Waals surface area contributed by atoms with Gasteiger partial charge in [-0.1, -0.05) is 0 Å². The first-order valence-corrected chi connectivity index (χ1v) is 6.53. The van der Waals surface area contributed by atoms with Crippen molar-refractivity contribution in [2.75, 3.05) is 19.7 Å². The lowest BCUT2D eigenvalue weighted by Crippen LogP contribution is -2.48. The first kappa shape index (κ1) is 13.1. The summed E-state index contributed by atoms with van der Waals surface area (Å²) in [5.74, 6) is -0.861. The normalized spacial score (nSPS) is 27.8. The Morgan fingerprint density at radius 3 is 2.17 bits per heavy atom. The van der Waals surface area contributed by atoms with E-state index in [9.17, 15) is 14.7 Å². The molecular formula is C12H20N2O4. The van der Waals surface area contributed by atoms with Gasteiger partial charge in [-0.25, -0.2) is 4.79 Å². The number of aliphatic carboxylic acids is 1. The summed E-state index contributed by atoms with van der Waals surface area (Å²) in [4.78, 5) is 26.5. The van der Waals surface area contributed by atoms with Crippen LogP contribution in [0.25, 0.3) is 0 Å². The zero-order valence-corrected chi connectivity index (χ0v) is 10.4. The summed E-state index contributed by atoms with van der Waals surface area (Å²) in [5, 5.41) is 18.1. The molecule has 0 bridgehead atoms. The Hall–Kier alpha value is -1.30. The van der Waals surface area contributed by atoms with E-state index in [0.29, 0.717) is 13.1 Å². The van der Waals surface area contributed by atoms with Gasteiger partial charge in [-0.15, -0.1) is 0 Å². The number of carbonyl (C=O) groups is 2. The fourth-order valence-electron chi connectivity index (χ4n) is 2.94. The third kappa shape index (κ3) is 2.58. The first-order valence-electron chi connectivity index (χ1n) is 6.53. The van der Waals surface area contributed by atoms with E-state index < -0.39 is 5.97 Å². The maximum atomic E-state index is 12.4. The number of urea groups is 1. The minimum absolute atomic E-state index is 0.0107. The lowest BCUT2D eigenvalue weighted by atomic mass is 10.1. The molecule has 0 radical (unpaired) electrons. The molecule has 102 valence electrons. The van der Waals surface area contributed by atoms with Gasteiger partial charge in [0.15, 0.2) is 0 Å². The van der Waals surface area contributed by atoms with Crippen molar-refractivity contribution in [3.8, 4) is 0 Å². The molecule has 2 aliphatic heterocycles. The van der Waals surface area contributed by atoms with Crippen LogP contribution < -0.4 is 0 Å². The average Bonchev–Trinajstić information content (AvgIpc) is 2.95. The second kappa shape index (κ2) is 5.56. The van der Waals surface area contributed by atoms with Crippen molar-refractivity contribution in [2.24, 2.45) is 0 Å². The maximum Gasteiger partial charge on any atom is 0.320 e. The van der Waals surface area contributed by atoms with Crippen LogP contribution in [0, 0.1) is 0 Å². The Balaban J connectivity index is 2.01. The number of carbonyl (C=O) groups excluding carboxylic acids is 1. The van der Waals surface area contributed by atoms with Crippen LogP contribution in [0.4, 0.5) is 4.79 Å². The predicted molar refractivity (Wildman–Crippen MR) is 64.2 cm³/mol. The summed E-state index contributed by atoms with van der Waals surface area (Å²) in [6.45, 7) is 1.29. The first-order chi connectivity index (χ1) is 8.63. The molecule has 2 aliphatic rings. The predicted octanol–water partition coefficient (Wildman–Crippen LogP) is 0.502. The Morgan fingerprint density at radius 2 is 1.61 bits per heavy atom. The van der Waals surface area contributed by atoms with Gasteiger partial charge in [0, 0.05) is 19.1 Å². The van der Waals surface area contributed by atoms with Gasteiger partial charge in [0.2, 0.25) is 0 Å². The zero-order chi connectivity index (χ0) is 13.1. The van der Waals surface area contributed by atoms with Gasteiger partial charge in [-0.05, 0) is 25.7 Å². The molecule has 2 unspecified atom stereocenters. The van der Waals surface area contributed by atoms with E-state index in [1.165, 1.54) is 0 Å². The Morgan fingerprint density at radius 1 is 1.06 bits per heavy atom. The molecular weight excluding hydrogens is 236 g/mol. The zero-order valence-electron chi connectivity index (χ0n) is 10.4. The van der Waals surface area contributed by atoms with Gasteiger partial charge < -0.3 is 20.0 Å². The Kier molecular flexibility index (Phi) is 4.06. The molecule has 0 spiro atoms. The van der Waals surface area contributed by atoms with E-state index >= 15 is 0 Å². The van der Waals surface area contributed by atoms with Crippen LogP contribution in [-0.4, -0.2) is 63.8 Å². The topological polar surface area (TPSA) is 81.1 Å². The van der Waals surface area contributed by atoms with Crippen LogP contribution in [0.1, 0.15) is 32.1 Å². The van der Waals surface area contributed by atoms with Gasteiger partial charge >= 0.3 is 12.0 Å². The molecule has 0 aromatic heterocycles. The molecule has 2 saturated heterocycles. The number of hydrogen-bond acceptors (Lipinski definition) is 3. The van der Waals surface area contributed by atoms with Crippen molar-refractivity contribution in [1.29, 1.82) is 0 Å². The van der Waals surface area contributed by atoms with Crippen LogP contribution in [-0.2, 0) is 4.79 Å². The molecule has 2 amide bonds. The molecule has 0 saturated carbocycles. The largest absolute Gasteiger partial charge is 0.481 e. The standard InChI is InChI=1S/C12H20N2O4/c15-8-10-4-2-6-14(10)12(18)13-5-1-3-9(13)7-11(16)17/h9-10,15H,1-8H2,(H,16,17). The van der Waals surface area contributed by atoms with Gasteiger partial charge in [-0.3, -0.25) is 4.79 Å². The summed E-state index contributed by atoms with van der Waals surface area (Å²) < 4.78 is 0. The van der Waals surface area contributed by atoms with Crippen LogP contribution in [0.15, 0.2) is 0 Å². The average molecular weight is 256 g/mol. The number of amides is 2. The monoisotopic (exact) mass is 256 g/mol. The summed E-state index contributed by atoms with van der Waals surface area (Å²) in [6.07, 6.45) is 3.38. The minimum atomic E-state index is -0.861. The smallest absolute Gasteiger partial charge is 0.320 e. The molecule has 6 nitrogen and oxygen atoms in total. The second-order valence-corrected chi connectivity index (χ2v) is 5.04. The lowest BCUT2D eigenvalue weighted by Gasteiger charge is -2.31. The molecule has 18 heavy (non-hydrogen) atoms. The summed E-state index contributed by atoms with van der Waals surface area (Å²) >= 11 is 0. The second-order valence-electron chi connectivity index (χ2n) is 5.04. The maximum absolute atomic E-state index is 12.4. The number of aliphatic hydroxyl groups excluding tert-OH is 1. The van der Waals surface area contributed by atoms with E-state index in [1.54, 1.807) is 9.80 Å². The van der Waals surface area contributed by atoms with Gasteiger partial charge in [0.05, 0.1) is 19.1 Å². The van der Waals surface area contributed by atoms with Crippen molar-refractivity contribution >= 4 is 12.0 Å². The third-order valence-corrected chi connectivity index (χ3v) is 3.87. The number of carboxylic acid groups (broad SMARTS) is 1. The highest BCUT2D eigenvalue weighted by molar-refractivity contribution is 5.77. The van der Waals surface area contributed by atoms with Gasteiger partial charge in [0.25, 0.3) is 0 Å². The van der Waals surface area contributed by atoms with E-state index in [2.05, 4.69) is 0 Å². The SMILES string of the molecule is O=C(O)CC1CCCN1C(=O)N1CCCC1CO. The van der Waals surface area contributed by atoms with Crippen molar-refractivity contribution in [3.05, 3.63) is 0 Å². The summed E-state index contributed by atoms with van der Waals surface area (Å²) in [6, 6.07) is -0.381. The molecule has 2 fully saturated rings. The molecule has 2 rings (SSSR count). The lowest BCUT2D eigenvalue weighted by molar-refractivity contribution is -0.138. The third-order valence-electron chi connectivity index (χ3n) is 3.87. The molecule has 0 aliphatic carbocycles. The number of hydrogen-bond donors (Lipinski definition) is 2. The molecule has 2 heterocycles. The van der Waals surface area contributed by atoms with Gasteiger partial charge in [0.1, 0.15) is 0 Å². The summed E-state index contributed by atoms with van der Waals surface area (Å²) in [5.41, 5.74) is 0. The summed E-state index contributed by atoms with van der Waals surface area (Å²) in [7, 11) is 0. The number of nitrogens with zero attached hydrogens (tertiary/aromatic N) is 2. The highest BCUT2D eigenvalue weighted by atomic mass is 16.4. The molecule has 6 heteroatoms. The van der Waals surface area contributed by atoms with Crippen LogP contribution >= 0.6 is 0 Å². The molecule has 2 N–H and O–H groups in total. The Labute approximate surface area is 106 Å². The minimum Gasteiger partial charge on any atom is -0.481 e.